The van der Waals surface area contributed by atoms with E-state index in [1.807, 2.05) is 18.2 Å². The van der Waals surface area contributed by atoms with Crippen molar-refractivity contribution in [2.45, 2.75) is 32.6 Å². The van der Waals surface area contributed by atoms with Crippen molar-refractivity contribution in [1.29, 1.82) is 0 Å². The Morgan fingerprint density at radius 3 is 2.78 bits per heavy atom. The summed E-state index contributed by atoms with van der Waals surface area (Å²) >= 11 is 0. The average Bonchev–Trinajstić information content (AvgIpc) is 3.00. The summed E-state index contributed by atoms with van der Waals surface area (Å²) in [4.78, 5) is 13.8. The zero-order chi connectivity index (χ0) is 16.9. The van der Waals surface area contributed by atoms with E-state index in [9.17, 15) is 4.79 Å². The van der Waals surface area contributed by atoms with Crippen molar-refractivity contribution in [3.05, 3.63) is 29.8 Å². The first kappa shape index (κ1) is 17.6. The zero-order valence-electron chi connectivity index (χ0n) is 14.3. The lowest BCUT2D eigenvalue weighted by molar-refractivity contribution is 0.195. The highest BCUT2D eigenvalue weighted by Crippen LogP contribution is 2.30. The second-order valence-electron chi connectivity index (χ2n) is 7.11. The largest absolute Gasteiger partial charge is 0.491 e. The summed E-state index contributed by atoms with van der Waals surface area (Å²) in [5.74, 6) is 1.09. The number of amides is 2. The Kier molecular flexibility index (Phi) is 5.88. The molecule has 0 bridgehead atoms. The van der Waals surface area contributed by atoms with Crippen LogP contribution in [0.3, 0.4) is 0 Å². The van der Waals surface area contributed by atoms with Gasteiger partial charge >= 0.3 is 6.03 Å². The number of aliphatic hydroxyl groups is 1. The Morgan fingerprint density at radius 2 is 2.13 bits per heavy atom. The minimum absolute atomic E-state index is 0.0225. The lowest BCUT2D eigenvalue weighted by atomic mass is 9.86. The van der Waals surface area contributed by atoms with Crippen LogP contribution in [0.15, 0.2) is 24.3 Å². The van der Waals surface area contributed by atoms with Gasteiger partial charge in [0, 0.05) is 25.6 Å². The molecule has 1 fully saturated rings. The Balaban J connectivity index is 1.77. The van der Waals surface area contributed by atoms with E-state index < -0.39 is 0 Å². The first-order valence-corrected chi connectivity index (χ1v) is 8.27. The number of ether oxygens (including phenoxy) is 1. The van der Waals surface area contributed by atoms with Crippen molar-refractivity contribution in [1.82, 2.24) is 10.2 Å². The normalized spacial score (nSPS) is 18.1. The average molecular weight is 320 g/mol. The van der Waals surface area contributed by atoms with E-state index in [-0.39, 0.29) is 24.0 Å². The van der Waals surface area contributed by atoms with Gasteiger partial charge in [-0.15, -0.1) is 0 Å². The van der Waals surface area contributed by atoms with Crippen LogP contribution in [0, 0.1) is 5.92 Å². The molecule has 0 radical (unpaired) electrons. The van der Waals surface area contributed by atoms with Crippen molar-refractivity contribution in [3.63, 3.8) is 0 Å². The number of aliphatic hydroxyl groups excluding tert-OH is 1. The molecule has 1 aromatic rings. The van der Waals surface area contributed by atoms with Crippen molar-refractivity contribution in [2.24, 2.45) is 5.92 Å². The Labute approximate surface area is 138 Å². The van der Waals surface area contributed by atoms with Gasteiger partial charge in [-0.05, 0) is 23.5 Å². The van der Waals surface area contributed by atoms with Crippen LogP contribution >= 0.6 is 0 Å². The predicted molar refractivity (Wildman–Crippen MR) is 90.8 cm³/mol. The first-order chi connectivity index (χ1) is 10.9. The van der Waals surface area contributed by atoms with Gasteiger partial charge in [0.15, 0.2) is 0 Å². The minimum Gasteiger partial charge on any atom is -0.491 e. The topological polar surface area (TPSA) is 61.8 Å². The summed E-state index contributed by atoms with van der Waals surface area (Å²) < 4.78 is 5.85. The van der Waals surface area contributed by atoms with Crippen molar-refractivity contribution < 1.29 is 14.6 Å². The van der Waals surface area contributed by atoms with Gasteiger partial charge in [0.2, 0.25) is 0 Å². The Morgan fingerprint density at radius 1 is 1.39 bits per heavy atom. The SMILES string of the molecule is CC(C)(C)c1ccccc1OCCNC(=O)N1CCC(CO)C1. The second-order valence-corrected chi connectivity index (χ2v) is 7.11. The molecule has 0 spiro atoms. The van der Waals surface area contributed by atoms with Gasteiger partial charge in [-0.3, -0.25) is 0 Å². The fourth-order valence-electron chi connectivity index (χ4n) is 2.81. The molecule has 2 N–H and O–H groups in total. The molecule has 1 aromatic carbocycles. The number of hydrogen-bond acceptors (Lipinski definition) is 3. The molecule has 1 unspecified atom stereocenters. The van der Waals surface area contributed by atoms with Gasteiger partial charge < -0.3 is 20.1 Å². The summed E-state index contributed by atoms with van der Waals surface area (Å²) in [7, 11) is 0. The first-order valence-electron chi connectivity index (χ1n) is 8.27. The molecule has 23 heavy (non-hydrogen) atoms. The van der Waals surface area contributed by atoms with Gasteiger partial charge in [-0.1, -0.05) is 39.0 Å². The van der Waals surface area contributed by atoms with E-state index in [0.29, 0.717) is 26.2 Å². The smallest absolute Gasteiger partial charge is 0.317 e. The highest BCUT2D eigenvalue weighted by molar-refractivity contribution is 5.74. The fraction of sp³-hybridized carbons (Fsp3) is 0.611. The third-order valence-corrected chi connectivity index (χ3v) is 4.16. The number of urea groups is 1. The zero-order valence-corrected chi connectivity index (χ0v) is 14.3. The maximum atomic E-state index is 12.0. The maximum Gasteiger partial charge on any atom is 0.317 e. The number of nitrogens with one attached hydrogen (secondary N) is 1. The molecular formula is C18H28N2O3. The third kappa shape index (κ3) is 4.86. The van der Waals surface area contributed by atoms with Crippen LogP contribution in [0.4, 0.5) is 4.79 Å². The van der Waals surface area contributed by atoms with Crippen LogP contribution in [0.5, 0.6) is 5.75 Å². The van der Waals surface area contributed by atoms with Gasteiger partial charge in [0.1, 0.15) is 12.4 Å². The quantitative estimate of drug-likeness (QED) is 0.819. The summed E-state index contributed by atoms with van der Waals surface area (Å²) in [6, 6.07) is 7.94. The van der Waals surface area contributed by atoms with Crippen LogP contribution in [-0.2, 0) is 5.41 Å². The highest BCUT2D eigenvalue weighted by atomic mass is 16.5. The van der Waals surface area contributed by atoms with Crippen LogP contribution in [0.25, 0.3) is 0 Å². The van der Waals surface area contributed by atoms with Gasteiger partial charge in [0.05, 0.1) is 6.54 Å². The third-order valence-electron chi connectivity index (χ3n) is 4.16. The second kappa shape index (κ2) is 7.68. The van der Waals surface area contributed by atoms with E-state index in [4.69, 9.17) is 9.84 Å². The number of benzene rings is 1. The van der Waals surface area contributed by atoms with Crippen LogP contribution in [-0.4, -0.2) is 48.9 Å². The lowest BCUT2D eigenvalue weighted by Crippen LogP contribution is -2.40. The van der Waals surface area contributed by atoms with Crippen molar-refractivity contribution in [2.75, 3.05) is 32.8 Å². The number of nitrogens with zero attached hydrogens (tertiary/aromatic N) is 1. The van der Waals surface area contributed by atoms with E-state index in [1.165, 1.54) is 0 Å². The summed E-state index contributed by atoms with van der Waals surface area (Å²) in [6.07, 6.45) is 0.874. The molecule has 128 valence electrons. The summed E-state index contributed by atoms with van der Waals surface area (Å²) in [5.41, 5.74) is 1.19. The van der Waals surface area contributed by atoms with E-state index in [0.717, 1.165) is 17.7 Å². The molecule has 0 saturated carbocycles. The molecule has 2 rings (SSSR count). The molecule has 0 aromatic heterocycles. The molecule has 1 saturated heterocycles. The number of rotatable bonds is 5. The highest BCUT2D eigenvalue weighted by Gasteiger charge is 2.25. The van der Waals surface area contributed by atoms with Crippen LogP contribution in [0.1, 0.15) is 32.8 Å². The van der Waals surface area contributed by atoms with Crippen molar-refractivity contribution in [3.8, 4) is 5.75 Å². The molecular weight excluding hydrogens is 292 g/mol. The number of carbonyl (C=O) groups excluding carboxylic acids is 1. The number of carbonyl (C=O) groups is 1. The molecule has 1 heterocycles. The molecule has 5 heteroatoms. The number of para-hydroxylation sites is 1. The Hall–Kier alpha value is -1.75. The maximum absolute atomic E-state index is 12.0. The minimum atomic E-state index is -0.0753. The van der Waals surface area contributed by atoms with E-state index in [1.54, 1.807) is 4.90 Å². The molecule has 5 nitrogen and oxygen atoms in total. The molecule has 2 amide bonds. The van der Waals surface area contributed by atoms with E-state index >= 15 is 0 Å². The summed E-state index contributed by atoms with van der Waals surface area (Å²) in [6.45, 7) is 8.87. The summed E-state index contributed by atoms with van der Waals surface area (Å²) in [5, 5.41) is 12.0. The van der Waals surface area contributed by atoms with Gasteiger partial charge in [0.25, 0.3) is 0 Å². The van der Waals surface area contributed by atoms with Crippen LogP contribution < -0.4 is 10.1 Å². The fourth-order valence-corrected chi connectivity index (χ4v) is 2.81. The Bertz CT molecular complexity index is 525. The standard InChI is InChI=1S/C18H28N2O3/c1-18(2,3)15-6-4-5-7-16(15)23-11-9-19-17(22)20-10-8-14(12-20)13-21/h4-7,14,21H,8-13H2,1-3H3,(H,19,22). The van der Waals surface area contributed by atoms with Crippen molar-refractivity contribution >= 4 is 6.03 Å². The monoisotopic (exact) mass is 320 g/mol. The molecule has 1 aliphatic heterocycles. The van der Waals surface area contributed by atoms with E-state index in [2.05, 4.69) is 32.2 Å². The molecule has 0 aliphatic carbocycles. The number of likely N-dealkylation sites (tertiary alicyclic amines) is 1. The van der Waals surface area contributed by atoms with Gasteiger partial charge in [-0.25, -0.2) is 4.79 Å². The molecule has 1 atom stereocenters. The molecule has 1 aliphatic rings. The predicted octanol–water partition coefficient (Wildman–Crippen LogP) is 2.39. The van der Waals surface area contributed by atoms with Crippen LogP contribution in [0.2, 0.25) is 0 Å². The lowest BCUT2D eigenvalue weighted by Gasteiger charge is -2.23. The van der Waals surface area contributed by atoms with Gasteiger partial charge in [-0.2, -0.15) is 0 Å². The number of hydrogen-bond donors (Lipinski definition) is 2.